The zero-order valence-corrected chi connectivity index (χ0v) is 18.7. The van der Waals surface area contributed by atoms with E-state index in [1.54, 1.807) is 0 Å². The van der Waals surface area contributed by atoms with E-state index < -0.39 is 0 Å². The van der Waals surface area contributed by atoms with E-state index in [-0.39, 0.29) is 0 Å². The minimum atomic E-state index is 0.562. The average molecular weight is 421 g/mol. The first kappa shape index (κ1) is 20.9. The van der Waals surface area contributed by atoms with Gasteiger partial charge < -0.3 is 0 Å². The molecule has 0 N–H and O–H groups in total. The molecule has 162 valence electrons. The maximum atomic E-state index is 2.71. The van der Waals surface area contributed by atoms with Crippen LogP contribution in [0, 0.1) is 0 Å². The largest absolute Gasteiger partial charge is 0.296 e. The lowest BCUT2D eigenvalue weighted by molar-refractivity contribution is 0.0597. The van der Waals surface area contributed by atoms with Crippen molar-refractivity contribution in [2.75, 3.05) is 19.6 Å². The van der Waals surface area contributed by atoms with E-state index >= 15 is 0 Å². The van der Waals surface area contributed by atoms with Crippen LogP contribution in [0.15, 0.2) is 103 Å². The number of hydrogen-bond acceptors (Lipinski definition) is 2. The molecular weight excluding hydrogens is 388 g/mol. The van der Waals surface area contributed by atoms with Gasteiger partial charge >= 0.3 is 0 Å². The number of hydrogen-bond donors (Lipinski definition) is 0. The number of piperazine rings is 1. The van der Waals surface area contributed by atoms with Gasteiger partial charge in [0.2, 0.25) is 0 Å². The van der Waals surface area contributed by atoms with Crippen molar-refractivity contribution in [3.05, 3.63) is 120 Å². The molecule has 2 nitrogen and oxygen atoms in total. The van der Waals surface area contributed by atoms with E-state index in [9.17, 15) is 0 Å². The Morgan fingerprint density at radius 3 is 2.06 bits per heavy atom. The quantitative estimate of drug-likeness (QED) is 0.353. The van der Waals surface area contributed by atoms with Crippen LogP contribution in [0.25, 0.3) is 10.8 Å². The van der Waals surface area contributed by atoms with Crippen molar-refractivity contribution in [2.45, 2.75) is 32.0 Å². The van der Waals surface area contributed by atoms with Crippen LogP contribution in [0.5, 0.6) is 0 Å². The Morgan fingerprint density at radius 1 is 0.625 bits per heavy atom. The number of benzene rings is 4. The zero-order valence-electron chi connectivity index (χ0n) is 18.7. The van der Waals surface area contributed by atoms with Gasteiger partial charge in [0.15, 0.2) is 0 Å². The van der Waals surface area contributed by atoms with Gasteiger partial charge in [-0.2, -0.15) is 0 Å². The Labute approximate surface area is 192 Å². The highest BCUT2D eigenvalue weighted by molar-refractivity contribution is 5.85. The maximum Gasteiger partial charge on any atom is 0.0237 e. The summed E-state index contributed by atoms with van der Waals surface area (Å²) in [6.07, 6.45) is 2.31. The van der Waals surface area contributed by atoms with Crippen LogP contribution in [0.2, 0.25) is 0 Å². The zero-order chi connectivity index (χ0) is 21.6. The van der Waals surface area contributed by atoms with Gasteiger partial charge in [-0.15, -0.1) is 0 Å². The summed E-state index contributed by atoms with van der Waals surface area (Å²) in [5.41, 5.74) is 4.30. The van der Waals surface area contributed by atoms with Crippen molar-refractivity contribution in [2.24, 2.45) is 0 Å². The summed E-state index contributed by atoms with van der Waals surface area (Å²) in [7, 11) is 0. The normalized spacial score (nSPS) is 17.6. The van der Waals surface area contributed by atoms with E-state index in [4.69, 9.17) is 0 Å². The van der Waals surface area contributed by atoms with E-state index in [2.05, 4.69) is 113 Å². The molecule has 1 atom stereocenters. The van der Waals surface area contributed by atoms with Crippen LogP contribution in [0.3, 0.4) is 0 Å². The van der Waals surface area contributed by atoms with Crippen LogP contribution in [-0.2, 0) is 19.5 Å². The smallest absolute Gasteiger partial charge is 0.0237 e. The number of nitrogens with zero attached hydrogens (tertiary/aromatic N) is 2. The van der Waals surface area contributed by atoms with E-state index in [0.717, 1.165) is 39.1 Å². The molecule has 1 heterocycles. The van der Waals surface area contributed by atoms with E-state index in [1.165, 1.54) is 33.9 Å². The number of aryl methyl sites for hydroxylation is 1. The second-order valence-corrected chi connectivity index (χ2v) is 9.01. The Morgan fingerprint density at radius 2 is 1.28 bits per heavy atom. The summed E-state index contributed by atoms with van der Waals surface area (Å²) in [4.78, 5) is 5.35. The summed E-state index contributed by atoms with van der Waals surface area (Å²) < 4.78 is 0. The van der Waals surface area contributed by atoms with Crippen LogP contribution >= 0.6 is 0 Å². The van der Waals surface area contributed by atoms with Gasteiger partial charge in [0, 0.05) is 38.8 Å². The van der Waals surface area contributed by atoms with Gasteiger partial charge in [-0.1, -0.05) is 103 Å². The molecule has 0 bridgehead atoms. The molecule has 1 saturated heterocycles. The highest BCUT2D eigenvalue weighted by Gasteiger charge is 2.27. The number of rotatable bonds is 7. The van der Waals surface area contributed by atoms with Gasteiger partial charge in [0.1, 0.15) is 0 Å². The fourth-order valence-corrected chi connectivity index (χ4v) is 5.08. The van der Waals surface area contributed by atoms with Crippen LogP contribution in [0.4, 0.5) is 0 Å². The third-order valence-electron chi connectivity index (χ3n) is 6.79. The summed E-state index contributed by atoms with van der Waals surface area (Å²) in [5.74, 6) is 0. The van der Waals surface area contributed by atoms with Crippen molar-refractivity contribution in [3.8, 4) is 0 Å². The van der Waals surface area contributed by atoms with Crippen molar-refractivity contribution >= 4 is 10.8 Å². The predicted molar refractivity (Wildman–Crippen MR) is 135 cm³/mol. The van der Waals surface area contributed by atoms with Crippen LogP contribution in [0.1, 0.15) is 23.1 Å². The minimum absolute atomic E-state index is 0.562. The highest BCUT2D eigenvalue weighted by Crippen LogP contribution is 2.24. The Hall–Kier alpha value is -2.94. The summed E-state index contributed by atoms with van der Waals surface area (Å²) in [6.45, 7) is 5.48. The molecule has 0 amide bonds. The Bertz CT molecular complexity index is 1120. The van der Waals surface area contributed by atoms with Crippen molar-refractivity contribution < 1.29 is 0 Å². The monoisotopic (exact) mass is 420 g/mol. The van der Waals surface area contributed by atoms with Gasteiger partial charge in [-0.3, -0.25) is 9.80 Å². The molecule has 0 spiro atoms. The van der Waals surface area contributed by atoms with E-state index in [0.29, 0.717) is 6.04 Å². The van der Waals surface area contributed by atoms with Crippen molar-refractivity contribution in [1.29, 1.82) is 0 Å². The minimum Gasteiger partial charge on any atom is -0.296 e. The molecule has 1 fully saturated rings. The molecule has 1 unspecified atom stereocenters. The van der Waals surface area contributed by atoms with Gasteiger partial charge in [-0.05, 0) is 40.3 Å². The van der Waals surface area contributed by atoms with Gasteiger partial charge in [0.25, 0.3) is 0 Å². The number of fused-ring (bicyclic) bond motifs is 1. The molecule has 1 aliphatic heterocycles. The second kappa shape index (κ2) is 10.1. The third kappa shape index (κ3) is 5.09. The molecular formula is C30H32N2. The standard InChI is InChI=1S/C30H32N2/c1-3-10-25(11-4-1)22-31-20-21-32(23-26-12-5-2-6-13-26)29(24-31)19-18-28-16-9-15-27-14-7-8-17-30(27)28/h1-17,29H,18-24H2. The molecule has 4 aromatic rings. The first-order valence-corrected chi connectivity index (χ1v) is 11.9. The summed E-state index contributed by atoms with van der Waals surface area (Å²) in [5, 5.41) is 2.75. The first-order chi connectivity index (χ1) is 15.8. The fraction of sp³-hybridized carbons (Fsp3) is 0.267. The van der Waals surface area contributed by atoms with Crippen LogP contribution in [-0.4, -0.2) is 35.5 Å². The topological polar surface area (TPSA) is 6.48 Å². The molecule has 0 radical (unpaired) electrons. The Balaban J connectivity index is 1.32. The lowest BCUT2D eigenvalue weighted by Gasteiger charge is -2.42. The molecule has 2 heteroatoms. The SMILES string of the molecule is c1ccc(CN2CCN(Cc3ccccc3)C(CCc3cccc4ccccc34)C2)cc1. The molecule has 0 saturated carbocycles. The fourth-order valence-electron chi connectivity index (χ4n) is 5.08. The molecule has 1 aliphatic rings. The molecule has 5 rings (SSSR count). The molecule has 0 aromatic heterocycles. The predicted octanol–water partition coefficient (Wildman–Crippen LogP) is 6.16. The van der Waals surface area contributed by atoms with Gasteiger partial charge in [-0.25, -0.2) is 0 Å². The molecule has 0 aliphatic carbocycles. The molecule has 32 heavy (non-hydrogen) atoms. The first-order valence-electron chi connectivity index (χ1n) is 11.9. The second-order valence-electron chi connectivity index (χ2n) is 9.01. The Kier molecular flexibility index (Phi) is 6.62. The third-order valence-corrected chi connectivity index (χ3v) is 6.79. The molecule has 4 aromatic carbocycles. The van der Waals surface area contributed by atoms with E-state index in [1.807, 2.05) is 0 Å². The van der Waals surface area contributed by atoms with Gasteiger partial charge in [0.05, 0.1) is 0 Å². The maximum absolute atomic E-state index is 2.71. The summed E-state index contributed by atoms with van der Waals surface area (Å²) >= 11 is 0. The van der Waals surface area contributed by atoms with Crippen LogP contribution < -0.4 is 0 Å². The lowest BCUT2D eigenvalue weighted by atomic mass is 9.97. The van der Waals surface area contributed by atoms with Crippen molar-refractivity contribution in [1.82, 2.24) is 9.80 Å². The highest BCUT2D eigenvalue weighted by atomic mass is 15.3. The lowest BCUT2D eigenvalue weighted by Crippen LogP contribution is -2.52. The average Bonchev–Trinajstić information content (AvgIpc) is 2.85. The summed E-state index contributed by atoms with van der Waals surface area (Å²) in [6, 6.07) is 38.0. The van der Waals surface area contributed by atoms with Crippen molar-refractivity contribution in [3.63, 3.8) is 0 Å².